The van der Waals surface area contributed by atoms with Gasteiger partial charge < -0.3 is 4.43 Å². The Morgan fingerprint density at radius 2 is 1.55 bits per heavy atom. The molecule has 1 aromatic rings. The van der Waals surface area contributed by atoms with Gasteiger partial charge in [0.2, 0.25) is 0 Å². The zero-order valence-electron chi connectivity index (χ0n) is 15.2. The third kappa shape index (κ3) is 5.64. The molecule has 1 rings (SSSR count). The molecule has 0 spiro atoms. The second-order valence-electron chi connectivity index (χ2n) is 7.59. The van der Waals surface area contributed by atoms with Gasteiger partial charge in [-0.05, 0) is 58.9 Å². The van der Waals surface area contributed by atoms with Gasteiger partial charge in [-0.1, -0.05) is 74.6 Å². The van der Waals surface area contributed by atoms with Crippen molar-refractivity contribution in [3.63, 3.8) is 0 Å². The minimum atomic E-state index is -1.68. The molecule has 3 heteroatoms. The third-order valence-electron chi connectivity index (χ3n) is 5.47. The summed E-state index contributed by atoms with van der Waals surface area (Å²) in [6.45, 7) is 14.9. The van der Waals surface area contributed by atoms with Crippen molar-refractivity contribution in [2.24, 2.45) is 5.92 Å². The van der Waals surface area contributed by atoms with E-state index in [9.17, 15) is 0 Å². The van der Waals surface area contributed by atoms with Gasteiger partial charge in [0, 0.05) is 6.61 Å². The quantitative estimate of drug-likeness (QED) is 0.254. The fourth-order valence-electron chi connectivity index (χ4n) is 2.45. The van der Waals surface area contributed by atoms with Gasteiger partial charge in [0.05, 0.1) is 0 Å². The topological polar surface area (TPSA) is 9.23 Å². The first-order valence-electron chi connectivity index (χ1n) is 8.48. The highest BCUT2D eigenvalue weighted by Crippen LogP contribution is 2.44. The van der Waals surface area contributed by atoms with E-state index in [0.29, 0.717) is 11.0 Å². The van der Waals surface area contributed by atoms with Crippen LogP contribution in [0.2, 0.25) is 18.1 Å². The van der Waals surface area contributed by atoms with Crippen LogP contribution < -0.4 is 0 Å². The predicted molar refractivity (Wildman–Crippen MR) is 110 cm³/mol. The molecule has 0 aliphatic rings. The molecule has 0 aromatic heterocycles. The van der Waals surface area contributed by atoms with Crippen molar-refractivity contribution in [3.8, 4) is 0 Å². The molecule has 1 aromatic carbocycles. The zero-order valence-corrected chi connectivity index (χ0v) is 18.4. The van der Waals surface area contributed by atoms with Crippen LogP contribution in [-0.2, 0) is 17.3 Å². The molecule has 0 saturated heterocycles. The molecule has 0 aliphatic heterocycles. The van der Waals surface area contributed by atoms with Crippen LogP contribution in [0.4, 0.5) is 0 Å². The van der Waals surface area contributed by atoms with Crippen LogP contribution >= 0.6 is 22.6 Å². The average molecular weight is 432 g/mol. The first-order valence-corrected chi connectivity index (χ1v) is 12.9. The Hall–Kier alpha value is 0.127. The summed E-state index contributed by atoms with van der Waals surface area (Å²) in [4.78, 5) is 0. The summed E-state index contributed by atoms with van der Waals surface area (Å²) in [5.74, 6) is 0.659. The van der Waals surface area contributed by atoms with Crippen LogP contribution in [0.3, 0.4) is 0 Å². The lowest BCUT2D eigenvalue weighted by Crippen LogP contribution is -2.45. The van der Waals surface area contributed by atoms with E-state index in [1.54, 1.807) is 0 Å². The SMILES string of the molecule is CC(C)C(C)(C)[Si](C)(C)OCCc1ccc(CCCI)cc1. The van der Waals surface area contributed by atoms with E-state index in [1.807, 2.05) is 0 Å². The molecule has 0 N–H and O–H groups in total. The van der Waals surface area contributed by atoms with Crippen molar-refractivity contribution in [1.29, 1.82) is 0 Å². The minimum absolute atomic E-state index is 0.302. The maximum absolute atomic E-state index is 6.39. The second kappa shape index (κ2) is 8.83. The van der Waals surface area contributed by atoms with E-state index < -0.39 is 8.32 Å². The lowest BCUT2D eigenvalue weighted by atomic mass is 9.99. The Bertz CT molecular complexity index is 437. The fraction of sp³-hybridized carbons (Fsp3) is 0.684. The van der Waals surface area contributed by atoms with Crippen LogP contribution in [0.15, 0.2) is 24.3 Å². The third-order valence-corrected chi connectivity index (χ3v) is 10.8. The molecule has 0 radical (unpaired) electrons. The highest BCUT2D eigenvalue weighted by molar-refractivity contribution is 14.1. The number of aryl methyl sites for hydroxylation is 1. The molecule has 0 atom stereocenters. The zero-order chi connectivity index (χ0) is 16.8. The first-order chi connectivity index (χ1) is 10.2. The van der Waals surface area contributed by atoms with Crippen molar-refractivity contribution in [2.75, 3.05) is 11.0 Å². The Balaban J connectivity index is 2.50. The number of hydrogen-bond donors (Lipinski definition) is 0. The molecule has 0 saturated carbocycles. The standard InChI is InChI=1S/C19H33IOSi/c1-16(2)19(3,4)22(5,6)21-15-13-18-11-9-17(10-12-18)8-7-14-20/h9-12,16H,7-8,13-15H2,1-6H3. The summed E-state index contributed by atoms with van der Waals surface area (Å²) in [6, 6.07) is 9.10. The van der Waals surface area contributed by atoms with Crippen LogP contribution in [0.5, 0.6) is 0 Å². The van der Waals surface area contributed by atoms with Crippen molar-refractivity contribution >= 4 is 30.9 Å². The van der Waals surface area contributed by atoms with Gasteiger partial charge in [0.15, 0.2) is 8.32 Å². The number of rotatable bonds is 9. The number of benzene rings is 1. The van der Waals surface area contributed by atoms with Crippen molar-refractivity contribution < 1.29 is 4.43 Å². The van der Waals surface area contributed by atoms with Gasteiger partial charge >= 0.3 is 0 Å². The molecular weight excluding hydrogens is 399 g/mol. The number of alkyl halides is 1. The Morgan fingerprint density at radius 3 is 2.00 bits per heavy atom. The Labute approximate surface area is 152 Å². The second-order valence-corrected chi connectivity index (χ2v) is 13.3. The van der Waals surface area contributed by atoms with Crippen molar-refractivity contribution in [1.82, 2.24) is 0 Å². The molecule has 22 heavy (non-hydrogen) atoms. The molecule has 0 bridgehead atoms. The van der Waals surface area contributed by atoms with Crippen LogP contribution in [0, 0.1) is 5.92 Å². The van der Waals surface area contributed by atoms with Crippen LogP contribution in [0.25, 0.3) is 0 Å². The maximum atomic E-state index is 6.39. The van der Waals surface area contributed by atoms with Gasteiger partial charge in [0.25, 0.3) is 0 Å². The summed E-state index contributed by atoms with van der Waals surface area (Å²) < 4.78 is 7.63. The number of halogens is 1. The largest absolute Gasteiger partial charge is 0.416 e. The van der Waals surface area contributed by atoms with Crippen LogP contribution in [0.1, 0.15) is 45.2 Å². The van der Waals surface area contributed by atoms with E-state index in [4.69, 9.17) is 4.43 Å². The van der Waals surface area contributed by atoms with E-state index in [0.717, 1.165) is 13.0 Å². The molecule has 0 aliphatic carbocycles. The van der Waals surface area contributed by atoms with Gasteiger partial charge in [-0.3, -0.25) is 0 Å². The lowest BCUT2D eigenvalue weighted by Gasteiger charge is -2.42. The maximum Gasteiger partial charge on any atom is 0.192 e. The van der Waals surface area contributed by atoms with Gasteiger partial charge in [-0.2, -0.15) is 0 Å². The molecule has 0 unspecified atom stereocenters. The smallest absolute Gasteiger partial charge is 0.192 e. The normalized spacial score (nSPS) is 12.9. The highest BCUT2D eigenvalue weighted by Gasteiger charge is 2.42. The van der Waals surface area contributed by atoms with Crippen LogP contribution in [-0.4, -0.2) is 19.4 Å². The molecule has 126 valence electrons. The Morgan fingerprint density at radius 1 is 1.05 bits per heavy atom. The highest BCUT2D eigenvalue weighted by atomic mass is 127. The fourth-order valence-corrected chi connectivity index (χ4v) is 5.20. The minimum Gasteiger partial charge on any atom is -0.416 e. The average Bonchev–Trinajstić information content (AvgIpc) is 2.46. The first kappa shape index (κ1) is 20.2. The monoisotopic (exact) mass is 432 g/mol. The van der Waals surface area contributed by atoms with E-state index in [2.05, 4.69) is 87.6 Å². The predicted octanol–water partition coefficient (Wildman–Crippen LogP) is 6.25. The van der Waals surface area contributed by atoms with Crippen molar-refractivity contribution in [2.45, 2.75) is 65.1 Å². The summed E-state index contributed by atoms with van der Waals surface area (Å²) >= 11 is 2.44. The number of hydrogen-bond acceptors (Lipinski definition) is 1. The van der Waals surface area contributed by atoms with Gasteiger partial charge in [0.1, 0.15) is 0 Å². The Kier molecular flexibility index (Phi) is 8.10. The summed E-state index contributed by atoms with van der Waals surface area (Å²) in [7, 11) is -1.68. The van der Waals surface area contributed by atoms with E-state index in [-0.39, 0.29) is 0 Å². The van der Waals surface area contributed by atoms with Gasteiger partial charge in [-0.15, -0.1) is 0 Å². The lowest BCUT2D eigenvalue weighted by molar-refractivity contribution is 0.270. The van der Waals surface area contributed by atoms with Crippen molar-refractivity contribution in [3.05, 3.63) is 35.4 Å². The molecule has 0 fully saturated rings. The summed E-state index contributed by atoms with van der Waals surface area (Å²) in [5.41, 5.74) is 2.85. The van der Waals surface area contributed by atoms with Gasteiger partial charge in [-0.25, -0.2) is 0 Å². The summed E-state index contributed by atoms with van der Waals surface area (Å²) in [6.07, 6.45) is 3.49. The molecule has 0 amide bonds. The van der Waals surface area contributed by atoms with E-state index >= 15 is 0 Å². The van der Waals surface area contributed by atoms with E-state index in [1.165, 1.54) is 28.4 Å². The molecule has 0 heterocycles. The molecular formula is C19H33IOSi. The summed E-state index contributed by atoms with van der Waals surface area (Å²) in [5, 5.41) is 0.302. The molecule has 1 nitrogen and oxygen atoms in total.